The Bertz CT molecular complexity index is 500. The van der Waals surface area contributed by atoms with Crippen LogP contribution in [-0.4, -0.2) is 41.6 Å². The Morgan fingerprint density at radius 3 is 2.81 bits per heavy atom. The molecular weight excluding hydrogens is 288 g/mol. The number of hydrogen-bond acceptors (Lipinski definition) is 4. The number of nitrogens with one attached hydrogen (secondary N) is 1. The van der Waals surface area contributed by atoms with Crippen molar-refractivity contribution in [2.45, 2.75) is 32.4 Å². The van der Waals surface area contributed by atoms with Crippen LogP contribution >= 0.6 is 11.6 Å². The van der Waals surface area contributed by atoms with Gasteiger partial charge in [-0.1, -0.05) is 28.9 Å². The quantitative estimate of drug-likeness (QED) is 0.325. The van der Waals surface area contributed by atoms with Crippen LogP contribution in [0.5, 0.6) is 0 Å². The molecule has 1 aromatic rings. The minimum Gasteiger partial charge on any atom is -0.409 e. The van der Waals surface area contributed by atoms with E-state index in [9.17, 15) is 0 Å². The third-order valence-corrected chi connectivity index (χ3v) is 4.33. The zero-order valence-electron chi connectivity index (χ0n) is 12.3. The summed E-state index contributed by atoms with van der Waals surface area (Å²) in [5.74, 6) is 0.0686. The van der Waals surface area contributed by atoms with E-state index in [1.807, 2.05) is 12.1 Å². The molecule has 6 heteroatoms. The van der Waals surface area contributed by atoms with E-state index < -0.39 is 0 Å². The minimum atomic E-state index is 0.0686. The summed E-state index contributed by atoms with van der Waals surface area (Å²) in [5, 5.41) is 15.7. The topological polar surface area (TPSA) is 73.9 Å². The fraction of sp³-hybridized carbons (Fsp3) is 0.533. The number of nitrogens with two attached hydrogens (primary N) is 1. The van der Waals surface area contributed by atoms with Gasteiger partial charge in [-0.2, -0.15) is 0 Å². The van der Waals surface area contributed by atoms with E-state index >= 15 is 0 Å². The van der Waals surface area contributed by atoms with E-state index in [1.54, 1.807) is 6.07 Å². The Morgan fingerprint density at radius 1 is 1.48 bits per heavy atom. The van der Waals surface area contributed by atoms with Crippen molar-refractivity contribution in [1.29, 1.82) is 0 Å². The van der Waals surface area contributed by atoms with Crippen LogP contribution in [0.4, 0.5) is 0 Å². The zero-order chi connectivity index (χ0) is 15.2. The summed E-state index contributed by atoms with van der Waals surface area (Å²) in [5.41, 5.74) is 7.18. The van der Waals surface area contributed by atoms with Crippen molar-refractivity contribution in [3.05, 3.63) is 34.3 Å². The number of nitrogens with zero attached hydrogens (tertiary/aromatic N) is 2. The summed E-state index contributed by atoms with van der Waals surface area (Å²) in [6, 6.07) is 5.98. The summed E-state index contributed by atoms with van der Waals surface area (Å²) in [4.78, 5) is 2.51. The maximum Gasteiger partial charge on any atom is 0.170 e. The van der Waals surface area contributed by atoms with E-state index in [0.29, 0.717) is 23.2 Å². The van der Waals surface area contributed by atoms with Crippen LogP contribution in [0.3, 0.4) is 0 Å². The fourth-order valence-electron chi connectivity index (χ4n) is 2.63. The highest BCUT2D eigenvalue weighted by Crippen LogP contribution is 2.18. The van der Waals surface area contributed by atoms with Gasteiger partial charge in [-0.05, 0) is 44.5 Å². The van der Waals surface area contributed by atoms with Crippen molar-refractivity contribution in [2.75, 3.05) is 19.6 Å². The van der Waals surface area contributed by atoms with Gasteiger partial charge < -0.3 is 16.3 Å². The van der Waals surface area contributed by atoms with Crippen LogP contribution in [0, 0.1) is 0 Å². The zero-order valence-corrected chi connectivity index (χ0v) is 13.1. The first kappa shape index (κ1) is 16.1. The molecular formula is C15H23ClN4O. The normalized spacial score (nSPS) is 18.1. The number of hydrogen-bond donors (Lipinski definition) is 3. The molecule has 0 aliphatic carbocycles. The molecule has 0 spiro atoms. The first-order valence-electron chi connectivity index (χ1n) is 7.33. The van der Waals surface area contributed by atoms with E-state index in [2.05, 4.69) is 22.3 Å². The molecule has 0 bridgehead atoms. The van der Waals surface area contributed by atoms with Gasteiger partial charge >= 0.3 is 0 Å². The lowest BCUT2D eigenvalue weighted by molar-refractivity contribution is 0.251. The van der Waals surface area contributed by atoms with E-state index in [1.165, 1.54) is 25.9 Å². The van der Waals surface area contributed by atoms with Crippen molar-refractivity contribution in [2.24, 2.45) is 10.9 Å². The molecule has 0 saturated carbocycles. The molecule has 2 rings (SSSR count). The summed E-state index contributed by atoms with van der Waals surface area (Å²) < 4.78 is 0. The second kappa shape index (κ2) is 7.64. The molecule has 1 aliphatic rings. The molecule has 1 fully saturated rings. The first-order valence-corrected chi connectivity index (χ1v) is 7.70. The second-order valence-corrected chi connectivity index (χ2v) is 5.92. The molecule has 4 N–H and O–H groups in total. The number of halogens is 1. The average Bonchev–Trinajstić information content (AvgIpc) is 3.02. The minimum absolute atomic E-state index is 0.0686. The molecule has 0 amide bonds. The Kier molecular flexibility index (Phi) is 5.85. The molecule has 1 atom stereocenters. The van der Waals surface area contributed by atoms with Gasteiger partial charge in [0.25, 0.3) is 0 Å². The Hall–Kier alpha value is -1.30. The van der Waals surface area contributed by atoms with Crippen LogP contribution in [-0.2, 0) is 6.54 Å². The monoisotopic (exact) mass is 310 g/mol. The second-order valence-electron chi connectivity index (χ2n) is 5.51. The molecule has 0 aromatic heterocycles. The average molecular weight is 311 g/mol. The van der Waals surface area contributed by atoms with Crippen LogP contribution in [0.2, 0.25) is 5.02 Å². The molecule has 1 saturated heterocycles. The van der Waals surface area contributed by atoms with E-state index in [0.717, 1.165) is 12.1 Å². The van der Waals surface area contributed by atoms with E-state index in [4.69, 9.17) is 22.5 Å². The lowest BCUT2D eigenvalue weighted by atomic mass is 10.1. The Morgan fingerprint density at radius 2 is 2.19 bits per heavy atom. The van der Waals surface area contributed by atoms with Crippen molar-refractivity contribution in [3.63, 3.8) is 0 Å². The van der Waals surface area contributed by atoms with Gasteiger partial charge in [-0.15, -0.1) is 0 Å². The molecule has 21 heavy (non-hydrogen) atoms. The molecule has 116 valence electrons. The largest absolute Gasteiger partial charge is 0.409 e. The lowest BCUT2D eigenvalue weighted by Gasteiger charge is -2.24. The Balaban J connectivity index is 1.85. The number of benzene rings is 1. The van der Waals surface area contributed by atoms with Gasteiger partial charge in [0, 0.05) is 29.7 Å². The van der Waals surface area contributed by atoms with Crippen molar-refractivity contribution in [1.82, 2.24) is 10.2 Å². The predicted octanol–water partition coefficient (Wildman–Crippen LogP) is 2.01. The van der Waals surface area contributed by atoms with Crippen molar-refractivity contribution < 1.29 is 5.21 Å². The smallest absolute Gasteiger partial charge is 0.170 e. The molecule has 1 aromatic carbocycles. The standard InChI is InChI=1S/C15H23ClN4O/c1-11(20-6-2-3-7-20)9-18-10-13-5-4-12(8-14(13)16)15(17)19-21/h4-5,8,11,18,21H,2-3,6-7,9-10H2,1H3,(H2,17,19). The number of oxime groups is 1. The third-order valence-electron chi connectivity index (χ3n) is 3.98. The highest BCUT2D eigenvalue weighted by atomic mass is 35.5. The molecule has 1 unspecified atom stereocenters. The van der Waals surface area contributed by atoms with Crippen LogP contribution < -0.4 is 11.1 Å². The first-order chi connectivity index (χ1) is 10.1. The van der Waals surface area contributed by atoms with Crippen LogP contribution in [0.15, 0.2) is 23.4 Å². The number of rotatable bonds is 6. The van der Waals surface area contributed by atoms with Crippen LogP contribution in [0.25, 0.3) is 0 Å². The highest BCUT2D eigenvalue weighted by Gasteiger charge is 2.17. The number of amidine groups is 1. The summed E-state index contributed by atoms with van der Waals surface area (Å²) in [7, 11) is 0. The molecule has 1 aliphatic heterocycles. The predicted molar refractivity (Wildman–Crippen MR) is 85.9 cm³/mol. The van der Waals surface area contributed by atoms with Gasteiger partial charge in [0.05, 0.1) is 0 Å². The van der Waals surface area contributed by atoms with Crippen LogP contribution in [0.1, 0.15) is 30.9 Å². The Labute approximate surface area is 130 Å². The summed E-state index contributed by atoms with van der Waals surface area (Å²) in [6.07, 6.45) is 2.62. The van der Waals surface area contributed by atoms with Gasteiger partial charge in [0.15, 0.2) is 5.84 Å². The third kappa shape index (κ3) is 4.33. The van der Waals surface area contributed by atoms with Gasteiger partial charge in [-0.3, -0.25) is 4.90 Å². The van der Waals surface area contributed by atoms with E-state index in [-0.39, 0.29) is 5.84 Å². The SMILES string of the molecule is CC(CNCc1ccc(/C(N)=N/O)cc1Cl)N1CCCC1. The lowest BCUT2D eigenvalue weighted by Crippen LogP contribution is -2.38. The number of likely N-dealkylation sites (tertiary alicyclic amines) is 1. The molecule has 0 radical (unpaired) electrons. The fourth-order valence-corrected chi connectivity index (χ4v) is 2.88. The van der Waals surface area contributed by atoms with Gasteiger partial charge in [0.2, 0.25) is 0 Å². The molecule has 5 nitrogen and oxygen atoms in total. The molecule has 1 heterocycles. The van der Waals surface area contributed by atoms with Crippen molar-refractivity contribution >= 4 is 17.4 Å². The van der Waals surface area contributed by atoms with Gasteiger partial charge in [0.1, 0.15) is 0 Å². The maximum absolute atomic E-state index is 8.66. The van der Waals surface area contributed by atoms with Crippen molar-refractivity contribution in [3.8, 4) is 0 Å². The summed E-state index contributed by atoms with van der Waals surface area (Å²) in [6.45, 7) is 6.32. The summed E-state index contributed by atoms with van der Waals surface area (Å²) >= 11 is 6.23. The van der Waals surface area contributed by atoms with Gasteiger partial charge in [-0.25, -0.2) is 0 Å². The highest BCUT2D eigenvalue weighted by molar-refractivity contribution is 6.31. The maximum atomic E-state index is 8.66.